The van der Waals surface area contributed by atoms with E-state index in [2.05, 4.69) is 5.32 Å². The highest BCUT2D eigenvalue weighted by atomic mass is 16.3. The average molecular weight is 274 g/mol. The molecule has 3 rings (SSSR count). The zero-order valence-electron chi connectivity index (χ0n) is 11.7. The number of benzene rings is 1. The molecule has 0 radical (unpaired) electrons. The first kappa shape index (κ1) is 13.4. The van der Waals surface area contributed by atoms with E-state index < -0.39 is 0 Å². The van der Waals surface area contributed by atoms with Crippen LogP contribution in [0.4, 0.5) is 0 Å². The van der Waals surface area contributed by atoms with Gasteiger partial charge in [-0.1, -0.05) is 12.1 Å². The van der Waals surface area contributed by atoms with Crippen LogP contribution in [-0.2, 0) is 11.3 Å². The molecule has 0 atom stereocenters. The van der Waals surface area contributed by atoms with Crippen LogP contribution in [-0.4, -0.2) is 35.0 Å². The number of amides is 1. The van der Waals surface area contributed by atoms with E-state index in [9.17, 15) is 9.90 Å². The summed E-state index contributed by atoms with van der Waals surface area (Å²) in [6.45, 7) is 2.54. The number of nitrogens with zero attached hydrogens (tertiary/aromatic N) is 1. The van der Waals surface area contributed by atoms with Crippen LogP contribution in [0.1, 0.15) is 31.2 Å². The quantitative estimate of drug-likeness (QED) is 0.881. The summed E-state index contributed by atoms with van der Waals surface area (Å²) in [7, 11) is 0. The van der Waals surface area contributed by atoms with Gasteiger partial charge in [-0.3, -0.25) is 4.79 Å². The minimum absolute atomic E-state index is 0.314. The lowest BCUT2D eigenvalue weighted by Crippen LogP contribution is -2.45. The van der Waals surface area contributed by atoms with Crippen LogP contribution >= 0.6 is 0 Å². The van der Waals surface area contributed by atoms with Gasteiger partial charge in [0.25, 0.3) is 0 Å². The number of carbonyl (C=O) groups excluding carboxylic acids is 1. The number of carbonyl (C=O) groups is 1. The molecule has 1 saturated heterocycles. The Morgan fingerprint density at radius 2 is 2.00 bits per heavy atom. The Labute approximate surface area is 119 Å². The molecule has 2 aliphatic rings. The SMILES string of the molecule is O=C(C1CC1)N1CCC(NCc2cccc(O)c2)CC1. The maximum absolute atomic E-state index is 12.0. The van der Waals surface area contributed by atoms with Gasteiger partial charge in [-0.05, 0) is 43.4 Å². The van der Waals surface area contributed by atoms with E-state index in [-0.39, 0.29) is 0 Å². The minimum Gasteiger partial charge on any atom is -0.508 e. The molecule has 2 fully saturated rings. The smallest absolute Gasteiger partial charge is 0.225 e. The highest BCUT2D eigenvalue weighted by Gasteiger charge is 2.34. The predicted octanol–water partition coefficient (Wildman–Crippen LogP) is 1.88. The molecule has 0 spiro atoms. The van der Waals surface area contributed by atoms with Crippen LogP contribution in [0.25, 0.3) is 0 Å². The second-order valence-corrected chi connectivity index (χ2v) is 5.92. The van der Waals surface area contributed by atoms with Crippen LogP contribution in [0, 0.1) is 5.92 Å². The number of piperidine rings is 1. The molecule has 1 saturated carbocycles. The van der Waals surface area contributed by atoms with Crippen LogP contribution in [0.15, 0.2) is 24.3 Å². The van der Waals surface area contributed by atoms with Crippen LogP contribution in [0.2, 0.25) is 0 Å². The van der Waals surface area contributed by atoms with Crippen molar-refractivity contribution < 1.29 is 9.90 Å². The average Bonchev–Trinajstić information content (AvgIpc) is 3.30. The Balaban J connectivity index is 1.43. The third kappa shape index (κ3) is 3.31. The lowest BCUT2D eigenvalue weighted by Gasteiger charge is -2.32. The first-order valence-electron chi connectivity index (χ1n) is 7.52. The zero-order valence-corrected chi connectivity index (χ0v) is 11.7. The van der Waals surface area contributed by atoms with Crippen molar-refractivity contribution in [1.29, 1.82) is 0 Å². The molecule has 1 aromatic carbocycles. The van der Waals surface area contributed by atoms with Crippen molar-refractivity contribution in [2.75, 3.05) is 13.1 Å². The number of rotatable bonds is 4. The van der Waals surface area contributed by atoms with Crippen LogP contribution < -0.4 is 5.32 Å². The topological polar surface area (TPSA) is 52.6 Å². The molecule has 1 aliphatic carbocycles. The lowest BCUT2D eigenvalue weighted by atomic mass is 10.0. The molecule has 4 heteroatoms. The van der Waals surface area contributed by atoms with Gasteiger partial charge in [0, 0.05) is 31.6 Å². The van der Waals surface area contributed by atoms with Crippen molar-refractivity contribution in [3.63, 3.8) is 0 Å². The van der Waals surface area contributed by atoms with E-state index in [0.29, 0.717) is 23.6 Å². The summed E-state index contributed by atoms with van der Waals surface area (Å²) in [5.41, 5.74) is 1.10. The molecular weight excluding hydrogens is 252 g/mol. The van der Waals surface area contributed by atoms with Gasteiger partial charge < -0.3 is 15.3 Å². The van der Waals surface area contributed by atoms with E-state index in [0.717, 1.165) is 50.9 Å². The van der Waals surface area contributed by atoms with Crippen molar-refractivity contribution in [1.82, 2.24) is 10.2 Å². The molecule has 2 N–H and O–H groups in total. The molecule has 0 aromatic heterocycles. The molecule has 0 unspecified atom stereocenters. The van der Waals surface area contributed by atoms with E-state index >= 15 is 0 Å². The first-order chi connectivity index (χ1) is 9.72. The second kappa shape index (κ2) is 5.83. The Morgan fingerprint density at radius 3 is 2.65 bits per heavy atom. The van der Waals surface area contributed by atoms with Crippen molar-refractivity contribution in [2.24, 2.45) is 5.92 Å². The third-order valence-corrected chi connectivity index (χ3v) is 4.24. The van der Waals surface area contributed by atoms with Gasteiger partial charge in [0.15, 0.2) is 0 Å². The minimum atomic E-state index is 0.314. The van der Waals surface area contributed by atoms with Crippen molar-refractivity contribution >= 4 is 5.91 Å². The van der Waals surface area contributed by atoms with Gasteiger partial charge in [-0.2, -0.15) is 0 Å². The summed E-state index contributed by atoms with van der Waals surface area (Å²) < 4.78 is 0. The number of nitrogens with one attached hydrogen (secondary N) is 1. The van der Waals surface area contributed by atoms with Gasteiger partial charge in [0.1, 0.15) is 5.75 Å². The molecule has 1 aliphatic heterocycles. The number of phenolic OH excluding ortho intramolecular Hbond substituents is 1. The summed E-state index contributed by atoms with van der Waals surface area (Å²) in [6.07, 6.45) is 4.23. The lowest BCUT2D eigenvalue weighted by molar-refractivity contribution is -0.133. The van der Waals surface area contributed by atoms with E-state index in [4.69, 9.17) is 0 Å². The standard InChI is InChI=1S/C16H22N2O2/c19-15-3-1-2-12(10-15)11-17-14-6-8-18(9-7-14)16(20)13-4-5-13/h1-3,10,13-14,17,19H,4-9,11H2. The summed E-state index contributed by atoms with van der Waals surface area (Å²) in [6, 6.07) is 7.83. The number of aromatic hydroxyl groups is 1. The molecule has 4 nitrogen and oxygen atoms in total. The van der Waals surface area contributed by atoms with Gasteiger partial charge in [0.05, 0.1) is 0 Å². The van der Waals surface area contributed by atoms with Gasteiger partial charge in [-0.15, -0.1) is 0 Å². The molecule has 0 bridgehead atoms. The number of phenols is 1. The Morgan fingerprint density at radius 1 is 1.25 bits per heavy atom. The fraction of sp³-hybridized carbons (Fsp3) is 0.562. The molecular formula is C16H22N2O2. The Kier molecular flexibility index (Phi) is 3.92. The highest BCUT2D eigenvalue weighted by Crippen LogP contribution is 2.31. The van der Waals surface area contributed by atoms with E-state index in [1.165, 1.54) is 0 Å². The Hall–Kier alpha value is -1.55. The van der Waals surface area contributed by atoms with Crippen molar-refractivity contribution in [3.8, 4) is 5.75 Å². The first-order valence-corrected chi connectivity index (χ1v) is 7.52. The maximum Gasteiger partial charge on any atom is 0.225 e. The largest absolute Gasteiger partial charge is 0.508 e. The Bertz CT molecular complexity index is 477. The van der Waals surface area contributed by atoms with Crippen molar-refractivity contribution in [3.05, 3.63) is 29.8 Å². The summed E-state index contributed by atoms with van der Waals surface area (Å²) in [5.74, 6) is 1.03. The van der Waals surface area contributed by atoms with Crippen LogP contribution in [0.3, 0.4) is 0 Å². The van der Waals surface area contributed by atoms with Gasteiger partial charge in [-0.25, -0.2) is 0 Å². The summed E-state index contributed by atoms with van der Waals surface area (Å²) >= 11 is 0. The van der Waals surface area contributed by atoms with Crippen LogP contribution in [0.5, 0.6) is 5.75 Å². The normalized spacial score (nSPS) is 20.1. The monoisotopic (exact) mass is 274 g/mol. The summed E-state index contributed by atoms with van der Waals surface area (Å²) in [4.78, 5) is 14.0. The number of likely N-dealkylation sites (tertiary alicyclic amines) is 1. The molecule has 1 amide bonds. The number of hydrogen-bond acceptors (Lipinski definition) is 3. The van der Waals surface area contributed by atoms with Gasteiger partial charge >= 0.3 is 0 Å². The molecule has 1 heterocycles. The third-order valence-electron chi connectivity index (χ3n) is 4.24. The molecule has 20 heavy (non-hydrogen) atoms. The van der Waals surface area contributed by atoms with E-state index in [1.54, 1.807) is 12.1 Å². The fourth-order valence-electron chi connectivity index (χ4n) is 2.82. The zero-order chi connectivity index (χ0) is 13.9. The fourth-order valence-corrected chi connectivity index (χ4v) is 2.82. The van der Waals surface area contributed by atoms with Gasteiger partial charge in [0.2, 0.25) is 5.91 Å². The highest BCUT2D eigenvalue weighted by molar-refractivity contribution is 5.81. The maximum atomic E-state index is 12.0. The number of hydrogen-bond donors (Lipinski definition) is 2. The molecule has 108 valence electrons. The predicted molar refractivity (Wildman–Crippen MR) is 77.3 cm³/mol. The second-order valence-electron chi connectivity index (χ2n) is 5.92. The summed E-state index contributed by atoms with van der Waals surface area (Å²) in [5, 5.41) is 13.0. The molecule has 1 aromatic rings. The van der Waals surface area contributed by atoms with Crippen molar-refractivity contribution in [2.45, 2.75) is 38.3 Å². The van der Waals surface area contributed by atoms with E-state index in [1.807, 2.05) is 17.0 Å².